The highest BCUT2D eigenvalue weighted by molar-refractivity contribution is 5.96. The van der Waals surface area contributed by atoms with Gasteiger partial charge in [-0.2, -0.15) is 0 Å². The number of nitrogens with one attached hydrogen (secondary N) is 3. The molecule has 0 bridgehead atoms. The number of hydrogen-bond acceptors (Lipinski definition) is 4. The van der Waals surface area contributed by atoms with Crippen LogP contribution >= 0.6 is 0 Å². The van der Waals surface area contributed by atoms with E-state index in [0.717, 1.165) is 12.1 Å². The fraction of sp³-hybridized carbons (Fsp3) is 0.300. The standard InChI is InChI=1S/C20H25N3O3/c1-5-15-6-8-16(9-7-15)23-20(25)13(2)21-18-12-17(22-14(3)24)10-11-19(18)26-4/h6-13,21H,5H2,1-4H3,(H,22,24)(H,23,25)/t13-/m1/s1. The molecule has 2 aromatic rings. The zero-order chi connectivity index (χ0) is 19.1. The van der Waals surface area contributed by atoms with E-state index >= 15 is 0 Å². The molecule has 2 amide bonds. The van der Waals surface area contributed by atoms with E-state index in [-0.39, 0.29) is 11.8 Å². The summed E-state index contributed by atoms with van der Waals surface area (Å²) in [7, 11) is 1.55. The fourth-order valence-corrected chi connectivity index (χ4v) is 2.47. The second-order valence-electron chi connectivity index (χ2n) is 6.00. The van der Waals surface area contributed by atoms with Crippen molar-refractivity contribution in [2.75, 3.05) is 23.1 Å². The first-order chi connectivity index (χ1) is 12.4. The Morgan fingerprint density at radius 2 is 1.69 bits per heavy atom. The molecule has 0 unspecified atom stereocenters. The first-order valence-electron chi connectivity index (χ1n) is 8.55. The molecule has 138 valence electrons. The van der Waals surface area contributed by atoms with Crippen LogP contribution in [-0.2, 0) is 16.0 Å². The Labute approximate surface area is 153 Å². The summed E-state index contributed by atoms with van der Waals surface area (Å²) in [6.07, 6.45) is 0.955. The summed E-state index contributed by atoms with van der Waals surface area (Å²) in [4.78, 5) is 23.7. The second kappa shape index (κ2) is 8.89. The summed E-state index contributed by atoms with van der Waals surface area (Å²) < 4.78 is 5.32. The number of carbonyl (C=O) groups excluding carboxylic acids is 2. The van der Waals surface area contributed by atoms with Crippen LogP contribution in [0.4, 0.5) is 17.1 Å². The van der Waals surface area contributed by atoms with Crippen molar-refractivity contribution in [3.8, 4) is 5.75 Å². The minimum absolute atomic E-state index is 0.164. The van der Waals surface area contributed by atoms with Crippen molar-refractivity contribution in [2.24, 2.45) is 0 Å². The van der Waals surface area contributed by atoms with Gasteiger partial charge in [0.05, 0.1) is 12.8 Å². The molecule has 0 spiro atoms. The number of rotatable bonds is 7. The Kier molecular flexibility index (Phi) is 6.60. The van der Waals surface area contributed by atoms with E-state index < -0.39 is 6.04 Å². The number of carbonyl (C=O) groups is 2. The van der Waals surface area contributed by atoms with Crippen LogP contribution in [0.15, 0.2) is 42.5 Å². The van der Waals surface area contributed by atoms with Gasteiger partial charge in [0.15, 0.2) is 0 Å². The number of benzene rings is 2. The molecule has 0 aliphatic carbocycles. The Hall–Kier alpha value is -3.02. The van der Waals surface area contributed by atoms with E-state index in [0.29, 0.717) is 17.1 Å². The molecule has 0 saturated carbocycles. The molecule has 0 heterocycles. The van der Waals surface area contributed by atoms with Crippen LogP contribution in [0.1, 0.15) is 26.3 Å². The number of amides is 2. The molecule has 1 atom stereocenters. The number of ether oxygens (including phenoxy) is 1. The van der Waals surface area contributed by atoms with Crippen molar-refractivity contribution in [3.05, 3.63) is 48.0 Å². The van der Waals surface area contributed by atoms with Gasteiger partial charge in [0.1, 0.15) is 11.8 Å². The largest absolute Gasteiger partial charge is 0.495 e. The smallest absolute Gasteiger partial charge is 0.246 e. The molecular formula is C20H25N3O3. The van der Waals surface area contributed by atoms with E-state index in [2.05, 4.69) is 22.9 Å². The van der Waals surface area contributed by atoms with E-state index in [4.69, 9.17) is 4.74 Å². The molecule has 6 heteroatoms. The predicted molar refractivity (Wildman–Crippen MR) is 105 cm³/mol. The number of aryl methyl sites for hydroxylation is 1. The lowest BCUT2D eigenvalue weighted by atomic mass is 10.1. The topological polar surface area (TPSA) is 79.5 Å². The Balaban J connectivity index is 2.08. The molecule has 2 rings (SSSR count). The summed E-state index contributed by atoms with van der Waals surface area (Å²) in [5.74, 6) is 0.259. The van der Waals surface area contributed by atoms with Crippen LogP contribution in [0, 0.1) is 0 Å². The van der Waals surface area contributed by atoms with Gasteiger partial charge in [-0.1, -0.05) is 19.1 Å². The summed E-state index contributed by atoms with van der Waals surface area (Å²) in [6, 6.07) is 12.5. The first kappa shape index (κ1) is 19.3. The molecule has 0 aliphatic heterocycles. The van der Waals surface area contributed by atoms with Crippen molar-refractivity contribution < 1.29 is 14.3 Å². The maximum absolute atomic E-state index is 12.4. The van der Waals surface area contributed by atoms with Gasteiger partial charge in [-0.3, -0.25) is 9.59 Å². The molecule has 26 heavy (non-hydrogen) atoms. The van der Waals surface area contributed by atoms with Gasteiger partial charge in [0.25, 0.3) is 0 Å². The third-order valence-corrected chi connectivity index (χ3v) is 3.91. The quantitative estimate of drug-likeness (QED) is 0.708. The Bertz CT molecular complexity index is 772. The lowest BCUT2D eigenvalue weighted by Crippen LogP contribution is -2.32. The Morgan fingerprint density at radius 3 is 2.27 bits per heavy atom. The normalized spacial score (nSPS) is 11.4. The van der Waals surface area contributed by atoms with Gasteiger partial charge < -0.3 is 20.7 Å². The van der Waals surface area contributed by atoms with Crippen LogP contribution in [0.2, 0.25) is 0 Å². The summed E-state index contributed by atoms with van der Waals surface area (Å²) in [6.45, 7) is 5.29. The maximum atomic E-state index is 12.4. The van der Waals surface area contributed by atoms with Gasteiger partial charge in [-0.25, -0.2) is 0 Å². The minimum atomic E-state index is -0.498. The average molecular weight is 355 g/mol. The highest BCUT2D eigenvalue weighted by Gasteiger charge is 2.15. The Morgan fingerprint density at radius 1 is 1.04 bits per heavy atom. The van der Waals surface area contributed by atoms with E-state index in [1.54, 1.807) is 32.2 Å². The highest BCUT2D eigenvalue weighted by Crippen LogP contribution is 2.28. The fourth-order valence-electron chi connectivity index (χ4n) is 2.47. The average Bonchev–Trinajstić information content (AvgIpc) is 2.62. The van der Waals surface area contributed by atoms with Crippen molar-refractivity contribution in [3.63, 3.8) is 0 Å². The SMILES string of the molecule is CCc1ccc(NC(=O)[C@@H](C)Nc2cc(NC(C)=O)ccc2OC)cc1. The third-order valence-electron chi connectivity index (χ3n) is 3.91. The van der Waals surface area contributed by atoms with E-state index in [9.17, 15) is 9.59 Å². The summed E-state index contributed by atoms with van der Waals surface area (Å²) in [5.41, 5.74) is 3.22. The van der Waals surface area contributed by atoms with Gasteiger partial charge in [0.2, 0.25) is 11.8 Å². The van der Waals surface area contributed by atoms with Gasteiger partial charge in [-0.05, 0) is 49.2 Å². The molecule has 0 fully saturated rings. The number of hydrogen-bond donors (Lipinski definition) is 3. The molecule has 6 nitrogen and oxygen atoms in total. The molecule has 0 saturated heterocycles. The van der Waals surface area contributed by atoms with Gasteiger partial charge >= 0.3 is 0 Å². The van der Waals surface area contributed by atoms with Crippen LogP contribution in [0.3, 0.4) is 0 Å². The minimum Gasteiger partial charge on any atom is -0.495 e. The molecule has 3 N–H and O–H groups in total. The van der Waals surface area contributed by atoms with Crippen LogP contribution in [-0.4, -0.2) is 25.0 Å². The van der Waals surface area contributed by atoms with Gasteiger partial charge in [-0.15, -0.1) is 0 Å². The summed E-state index contributed by atoms with van der Waals surface area (Å²) in [5, 5.41) is 8.73. The van der Waals surface area contributed by atoms with E-state index in [1.807, 2.05) is 24.3 Å². The maximum Gasteiger partial charge on any atom is 0.246 e. The van der Waals surface area contributed by atoms with Crippen molar-refractivity contribution >= 4 is 28.9 Å². The molecule has 2 aromatic carbocycles. The summed E-state index contributed by atoms with van der Waals surface area (Å²) >= 11 is 0. The monoisotopic (exact) mass is 355 g/mol. The van der Waals surface area contributed by atoms with Crippen LogP contribution in [0.25, 0.3) is 0 Å². The molecule has 0 aromatic heterocycles. The van der Waals surface area contributed by atoms with E-state index in [1.165, 1.54) is 12.5 Å². The van der Waals surface area contributed by atoms with Gasteiger partial charge in [0, 0.05) is 18.3 Å². The number of methoxy groups -OCH3 is 1. The van der Waals surface area contributed by atoms with Crippen molar-refractivity contribution in [1.29, 1.82) is 0 Å². The zero-order valence-corrected chi connectivity index (χ0v) is 15.6. The second-order valence-corrected chi connectivity index (χ2v) is 6.00. The molecule has 0 aliphatic rings. The van der Waals surface area contributed by atoms with Crippen molar-refractivity contribution in [1.82, 2.24) is 0 Å². The molecule has 0 radical (unpaired) electrons. The lowest BCUT2D eigenvalue weighted by Gasteiger charge is -2.18. The third kappa shape index (κ3) is 5.24. The first-order valence-corrected chi connectivity index (χ1v) is 8.55. The van der Waals surface area contributed by atoms with Crippen molar-refractivity contribution in [2.45, 2.75) is 33.2 Å². The van der Waals surface area contributed by atoms with Crippen LogP contribution < -0.4 is 20.7 Å². The number of anilines is 3. The highest BCUT2D eigenvalue weighted by atomic mass is 16.5. The predicted octanol–water partition coefficient (Wildman–Crippen LogP) is 3.66. The zero-order valence-electron chi connectivity index (χ0n) is 15.6. The lowest BCUT2D eigenvalue weighted by molar-refractivity contribution is -0.116. The molecular weight excluding hydrogens is 330 g/mol. The van der Waals surface area contributed by atoms with Crippen LogP contribution in [0.5, 0.6) is 5.75 Å².